The first-order chi connectivity index (χ1) is 11.9. The largest absolute Gasteiger partial charge is 0.357 e. The van der Waals surface area contributed by atoms with Crippen molar-refractivity contribution in [1.29, 1.82) is 0 Å². The second-order valence-electron chi connectivity index (χ2n) is 5.32. The van der Waals surface area contributed by atoms with Gasteiger partial charge in [-0.3, -0.25) is 0 Å². The molecule has 0 aliphatic carbocycles. The van der Waals surface area contributed by atoms with Crippen LogP contribution in [0.4, 0.5) is 0 Å². The quantitative estimate of drug-likeness (QED) is 0.804. The number of aromatic nitrogens is 2. The minimum Gasteiger partial charge on any atom is -0.357 e. The molecule has 0 fully saturated rings. The van der Waals surface area contributed by atoms with Gasteiger partial charge in [0.05, 0.1) is 11.4 Å². The zero-order valence-corrected chi connectivity index (χ0v) is 12.9. The van der Waals surface area contributed by atoms with E-state index in [2.05, 4.69) is 20.3 Å². The zero-order valence-electron chi connectivity index (χ0n) is 12.9. The summed E-state index contributed by atoms with van der Waals surface area (Å²) in [5.41, 5.74) is 3.88. The number of benzene rings is 2. The predicted octanol–water partition coefficient (Wildman–Crippen LogP) is 3.59. The van der Waals surface area contributed by atoms with Gasteiger partial charge in [-0.25, -0.2) is 15.0 Å². The fourth-order valence-electron chi connectivity index (χ4n) is 2.52. The van der Waals surface area contributed by atoms with Crippen LogP contribution in [0.5, 0.6) is 0 Å². The lowest BCUT2D eigenvalue weighted by molar-refractivity contribution is 0.810. The maximum absolute atomic E-state index is 4.67. The van der Waals surface area contributed by atoms with Crippen molar-refractivity contribution in [2.24, 2.45) is 4.99 Å². The highest BCUT2D eigenvalue weighted by Gasteiger charge is 2.18. The van der Waals surface area contributed by atoms with Gasteiger partial charge in [-0.2, -0.15) is 0 Å². The predicted molar refractivity (Wildman–Crippen MR) is 95.1 cm³/mol. The third kappa shape index (κ3) is 2.94. The third-order valence-corrected chi connectivity index (χ3v) is 3.70. The number of aliphatic imine (C=N–C) groups is 1. The molecular weight excluding hydrogens is 296 g/mol. The summed E-state index contributed by atoms with van der Waals surface area (Å²) in [4.78, 5) is 13.7. The standard InChI is InChI=1S/C20H15N4/c1-3-7-15(8-4-1)17-11-13-21-19(23-17)20-22-14-12-18(24-20)16-9-5-2-6-10-16/h1-14,21H. The van der Waals surface area contributed by atoms with Gasteiger partial charge in [0.2, 0.25) is 6.17 Å². The van der Waals surface area contributed by atoms with Gasteiger partial charge in [0.1, 0.15) is 0 Å². The lowest BCUT2D eigenvalue weighted by atomic mass is 10.1. The number of nitrogens with one attached hydrogen (secondary N) is 1. The monoisotopic (exact) mass is 311 g/mol. The number of hydrogen-bond acceptors (Lipinski definition) is 4. The van der Waals surface area contributed by atoms with Crippen molar-refractivity contribution in [2.45, 2.75) is 0 Å². The Hall–Kier alpha value is -3.27. The van der Waals surface area contributed by atoms with Crippen LogP contribution in [-0.4, -0.2) is 15.7 Å². The van der Waals surface area contributed by atoms with E-state index in [1.165, 1.54) is 0 Å². The molecular formula is C20H15N4. The van der Waals surface area contributed by atoms with Gasteiger partial charge in [-0.05, 0) is 17.7 Å². The smallest absolute Gasteiger partial charge is 0.241 e. The maximum Gasteiger partial charge on any atom is 0.241 e. The van der Waals surface area contributed by atoms with Gasteiger partial charge >= 0.3 is 0 Å². The highest BCUT2D eigenvalue weighted by molar-refractivity contribution is 6.09. The summed E-state index contributed by atoms with van der Waals surface area (Å²) in [5, 5.41) is 3.14. The van der Waals surface area contributed by atoms with Gasteiger partial charge in [0, 0.05) is 18.0 Å². The van der Waals surface area contributed by atoms with E-state index in [4.69, 9.17) is 0 Å². The molecule has 0 saturated carbocycles. The second kappa shape index (κ2) is 6.46. The summed E-state index contributed by atoms with van der Waals surface area (Å²) >= 11 is 0. The number of nitrogens with zero attached hydrogens (tertiary/aromatic N) is 3. The summed E-state index contributed by atoms with van der Waals surface area (Å²) in [5.74, 6) is 0.578. The Balaban J connectivity index is 1.67. The summed E-state index contributed by atoms with van der Waals surface area (Å²) < 4.78 is 0. The molecule has 0 saturated heterocycles. The number of rotatable bonds is 3. The molecule has 0 unspecified atom stereocenters. The van der Waals surface area contributed by atoms with E-state index in [0.29, 0.717) is 12.0 Å². The van der Waals surface area contributed by atoms with Crippen molar-refractivity contribution in [1.82, 2.24) is 15.3 Å². The highest BCUT2D eigenvalue weighted by Crippen LogP contribution is 2.20. The van der Waals surface area contributed by atoms with Crippen LogP contribution in [0.3, 0.4) is 0 Å². The van der Waals surface area contributed by atoms with Crippen LogP contribution in [0.25, 0.3) is 11.3 Å². The minimum atomic E-state index is 0.578. The molecule has 4 rings (SSSR count). The lowest BCUT2D eigenvalue weighted by Crippen LogP contribution is -2.23. The molecule has 2 aromatic carbocycles. The first kappa shape index (κ1) is 14.3. The van der Waals surface area contributed by atoms with Crippen molar-refractivity contribution in [3.63, 3.8) is 0 Å². The van der Waals surface area contributed by atoms with Crippen LogP contribution in [0.15, 0.2) is 90.2 Å². The van der Waals surface area contributed by atoms with Gasteiger partial charge in [0.15, 0.2) is 5.82 Å². The average molecular weight is 311 g/mol. The van der Waals surface area contributed by atoms with Crippen LogP contribution < -0.4 is 5.32 Å². The van der Waals surface area contributed by atoms with E-state index in [1.54, 1.807) is 6.20 Å². The molecule has 24 heavy (non-hydrogen) atoms. The molecule has 1 aromatic heterocycles. The van der Waals surface area contributed by atoms with Crippen molar-refractivity contribution >= 4 is 5.71 Å². The first-order valence-corrected chi connectivity index (χ1v) is 7.73. The van der Waals surface area contributed by atoms with E-state index in [-0.39, 0.29) is 0 Å². The molecule has 0 atom stereocenters. The van der Waals surface area contributed by atoms with Gasteiger partial charge in [-0.1, -0.05) is 60.7 Å². The molecule has 4 heteroatoms. The molecule has 1 N–H and O–H groups in total. The summed E-state index contributed by atoms with van der Waals surface area (Å²) in [7, 11) is 0. The molecule has 115 valence electrons. The molecule has 1 radical (unpaired) electrons. The van der Waals surface area contributed by atoms with Gasteiger partial charge in [0.25, 0.3) is 0 Å². The molecule has 4 nitrogen and oxygen atoms in total. The first-order valence-electron chi connectivity index (χ1n) is 7.73. The van der Waals surface area contributed by atoms with E-state index in [1.807, 2.05) is 79.0 Å². The van der Waals surface area contributed by atoms with Crippen molar-refractivity contribution in [3.8, 4) is 11.3 Å². The van der Waals surface area contributed by atoms with Crippen molar-refractivity contribution in [2.75, 3.05) is 0 Å². The average Bonchev–Trinajstić information content (AvgIpc) is 2.70. The number of hydrogen-bond donors (Lipinski definition) is 1. The summed E-state index contributed by atoms with van der Waals surface area (Å²) in [6.07, 6.45) is 6.22. The molecule has 3 aromatic rings. The van der Waals surface area contributed by atoms with E-state index in [9.17, 15) is 0 Å². The summed E-state index contributed by atoms with van der Waals surface area (Å²) in [6.45, 7) is 0. The normalized spacial score (nSPS) is 14.1. The van der Waals surface area contributed by atoms with E-state index in [0.717, 1.165) is 22.5 Å². The van der Waals surface area contributed by atoms with Gasteiger partial charge in [-0.15, -0.1) is 0 Å². The SMILES string of the molecule is C1=CC(c2ccccc2)=N[C](c2nccc(-c3ccccc3)n2)N1. The lowest BCUT2D eigenvalue weighted by Gasteiger charge is -2.16. The Morgan fingerprint density at radius 2 is 1.46 bits per heavy atom. The zero-order chi connectivity index (χ0) is 16.2. The molecule has 1 aliphatic heterocycles. The van der Waals surface area contributed by atoms with Crippen LogP contribution in [0, 0.1) is 6.17 Å². The molecule has 0 bridgehead atoms. The Labute approximate surface area is 140 Å². The minimum absolute atomic E-state index is 0.578. The summed E-state index contributed by atoms with van der Waals surface area (Å²) in [6, 6.07) is 22.0. The van der Waals surface area contributed by atoms with Crippen LogP contribution in [0.1, 0.15) is 11.4 Å². The molecule has 0 spiro atoms. The molecule has 0 amide bonds. The third-order valence-electron chi connectivity index (χ3n) is 3.70. The van der Waals surface area contributed by atoms with Crippen LogP contribution >= 0.6 is 0 Å². The second-order valence-corrected chi connectivity index (χ2v) is 5.32. The van der Waals surface area contributed by atoms with Crippen LogP contribution in [-0.2, 0) is 0 Å². The highest BCUT2D eigenvalue weighted by atomic mass is 15.1. The molecule has 1 aliphatic rings. The molecule has 2 heterocycles. The fourth-order valence-corrected chi connectivity index (χ4v) is 2.52. The Morgan fingerprint density at radius 3 is 2.21 bits per heavy atom. The van der Waals surface area contributed by atoms with Crippen molar-refractivity contribution < 1.29 is 0 Å². The topological polar surface area (TPSA) is 50.2 Å². The van der Waals surface area contributed by atoms with E-state index < -0.39 is 0 Å². The van der Waals surface area contributed by atoms with Crippen LogP contribution in [0.2, 0.25) is 0 Å². The van der Waals surface area contributed by atoms with Crippen molar-refractivity contribution in [3.05, 3.63) is 103 Å². The Morgan fingerprint density at radius 1 is 0.750 bits per heavy atom. The fraction of sp³-hybridized carbons (Fsp3) is 0. The Bertz CT molecular complexity index is 886. The van der Waals surface area contributed by atoms with E-state index >= 15 is 0 Å². The Kier molecular flexibility index (Phi) is 3.86. The van der Waals surface area contributed by atoms with Gasteiger partial charge < -0.3 is 5.32 Å². The number of allylic oxidation sites excluding steroid dienone is 1. The maximum atomic E-state index is 4.67.